The van der Waals surface area contributed by atoms with Gasteiger partial charge in [-0.25, -0.2) is 13.4 Å². The molecule has 0 spiro atoms. The van der Waals surface area contributed by atoms with Crippen LogP contribution in [0.15, 0.2) is 17.2 Å². The Labute approximate surface area is 124 Å². The van der Waals surface area contributed by atoms with Crippen molar-refractivity contribution in [3.63, 3.8) is 0 Å². The van der Waals surface area contributed by atoms with E-state index < -0.39 is 10.0 Å². The lowest BCUT2D eigenvalue weighted by Crippen LogP contribution is -2.44. The molecule has 0 unspecified atom stereocenters. The van der Waals surface area contributed by atoms with Crippen molar-refractivity contribution in [2.75, 3.05) is 32.9 Å². The Hall–Kier alpha value is -0.890. The molecule has 1 fully saturated rings. The summed E-state index contributed by atoms with van der Waals surface area (Å²) in [7, 11) is 0.487. The van der Waals surface area contributed by atoms with Crippen LogP contribution in [-0.4, -0.2) is 55.8 Å². The SMILES string of the molecule is CN(C)C1CCN(S(=O)(=O)c2cnc(N)c(Cl)c2)CC1. The molecule has 0 aliphatic carbocycles. The molecule has 8 heteroatoms. The number of anilines is 1. The van der Waals surface area contributed by atoms with Crippen LogP contribution >= 0.6 is 11.6 Å². The first-order valence-electron chi connectivity index (χ1n) is 6.40. The molecule has 1 aromatic heterocycles. The van der Waals surface area contributed by atoms with Gasteiger partial charge in [0.1, 0.15) is 10.7 Å². The highest BCUT2D eigenvalue weighted by atomic mass is 35.5. The van der Waals surface area contributed by atoms with Crippen molar-refractivity contribution < 1.29 is 8.42 Å². The second-order valence-electron chi connectivity index (χ2n) is 5.14. The van der Waals surface area contributed by atoms with Crippen LogP contribution in [0.5, 0.6) is 0 Å². The third-order valence-electron chi connectivity index (χ3n) is 3.64. The Balaban J connectivity index is 2.17. The predicted molar refractivity (Wildman–Crippen MR) is 79.1 cm³/mol. The van der Waals surface area contributed by atoms with Gasteiger partial charge < -0.3 is 10.6 Å². The number of sulfonamides is 1. The third-order valence-corrected chi connectivity index (χ3v) is 5.80. The van der Waals surface area contributed by atoms with E-state index >= 15 is 0 Å². The number of nitrogens with two attached hydrogens (primary N) is 1. The summed E-state index contributed by atoms with van der Waals surface area (Å²) < 4.78 is 26.5. The molecule has 0 bridgehead atoms. The first-order chi connectivity index (χ1) is 9.32. The summed E-state index contributed by atoms with van der Waals surface area (Å²) in [5.74, 6) is 0.136. The highest BCUT2D eigenvalue weighted by Gasteiger charge is 2.30. The largest absolute Gasteiger partial charge is 0.382 e. The summed E-state index contributed by atoms with van der Waals surface area (Å²) in [4.78, 5) is 6.04. The monoisotopic (exact) mass is 318 g/mol. The Morgan fingerprint density at radius 3 is 2.50 bits per heavy atom. The minimum atomic E-state index is -3.54. The van der Waals surface area contributed by atoms with Crippen molar-refractivity contribution in [1.29, 1.82) is 0 Å². The van der Waals surface area contributed by atoms with Gasteiger partial charge in [-0.1, -0.05) is 11.6 Å². The van der Waals surface area contributed by atoms with Gasteiger partial charge in [-0.05, 0) is 33.0 Å². The van der Waals surface area contributed by atoms with Crippen LogP contribution < -0.4 is 5.73 Å². The van der Waals surface area contributed by atoms with Gasteiger partial charge in [0.15, 0.2) is 0 Å². The van der Waals surface area contributed by atoms with Gasteiger partial charge in [-0.2, -0.15) is 4.31 Å². The average molecular weight is 319 g/mol. The molecular weight excluding hydrogens is 300 g/mol. The molecule has 2 rings (SSSR count). The van der Waals surface area contributed by atoms with Gasteiger partial charge in [-0.15, -0.1) is 0 Å². The molecule has 0 saturated carbocycles. The summed E-state index contributed by atoms with van der Waals surface area (Å²) in [6, 6.07) is 1.78. The predicted octanol–water partition coefficient (Wildman–Crippen LogP) is 1.03. The summed E-state index contributed by atoms with van der Waals surface area (Å²) in [5, 5.41) is 0.161. The molecule has 0 radical (unpaired) electrons. The third kappa shape index (κ3) is 3.06. The van der Waals surface area contributed by atoms with Crippen molar-refractivity contribution >= 4 is 27.4 Å². The van der Waals surface area contributed by atoms with Gasteiger partial charge in [0.25, 0.3) is 0 Å². The van der Waals surface area contributed by atoms with Crippen LogP contribution in [0.25, 0.3) is 0 Å². The maximum atomic E-state index is 12.5. The van der Waals surface area contributed by atoms with Crippen LogP contribution in [0.4, 0.5) is 5.82 Å². The number of nitrogen functional groups attached to an aromatic ring is 1. The van der Waals surface area contributed by atoms with E-state index in [0.717, 1.165) is 12.8 Å². The first kappa shape index (κ1) is 15.5. The Morgan fingerprint density at radius 2 is 2.00 bits per heavy atom. The van der Waals surface area contributed by atoms with E-state index in [-0.39, 0.29) is 15.7 Å². The number of rotatable bonds is 3. The van der Waals surface area contributed by atoms with Crippen LogP contribution in [0.3, 0.4) is 0 Å². The zero-order valence-electron chi connectivity index (χ0n) is 11.6. The second kappa shape index (κ2) is 5.85. The van der Waals surface area contributed by atoms with E-state index in [1.54, 1.807) is 0 Å². The van der Waals surface area contributed by atoms with Crippen molar-refractivity contribution in [2.45, 2.75) is 23.8 Å². The van der Waals surface area contributed by atoms with Crippen LogP contribution in [0.1, 0.15) is 12.8 Å². The number of hydrogen-bond donors (Lipinski definition) is 1. The number of piperidine rings is 1. The topological polar surface area (TPSA) is 79.5 Å². The van der Waals surface area contributed by atoms with Crippen LogP contribution in [-0.2, 0) is 10.0 Å². The molecule has 20 heavy (non-hydrogen) atoms. The van der Waals surface area contributed by atoms with Crippen LogP contribution in [0.2, 0.25) is 5.02 Å². The van der Waals surface area contributed by atoms with Gasteiger partial charge in [0.05, 0.1) is 5.02 Å². The fraction of sp³-hybridized carbons (Fsp3) is 0.583. The minimum Gasteiger partial charge on any atom is -0.382 e. The standard InChI is InChI=1S/C12H19ClN4O2S/c1-16(2)9-3-5-17(6-4-9)20(18,19)10-7-11(13)12(14)15-8-10/h7-9H,3-6H2,1-2H3,(H2,14,15). The van der Waals surface area contributed by atoms with Gasteiger partial charge in [0.2, 0.25) is 10.0 Å². The van der Waals surface area contributed by atoms with E-state index in [9.17, 15) is 8.42 Å². The van der Waals surface area contributed by atoms with Gasteiger partial charge in [-0.3, -0.25) is 0 Å². The number of pyridine rings is 1. The second-order valence-corrected chi connectivity index (χ2v) is 7.48. The molecule has 6 nitrogen and oxygen atoms in total. The van der Waals surface area contributed by atoms with Gasteiger partial charge in [0, 0.05) is 25.3 Å². The number of nitrogens with zero attached hydrogens (tertiary/aromatic N) is 3. The number of hydrogen-bond acceptors (Lipinski definition) is 5. The van der Waals surface area contributed by atoms with E-state index in [1.165, 1.54) is 16.6 Å². The van der Waals surface area contributed by atoms with Crippen molar-refractivity contribution in [1.82, 2.24) is 14.2 Å². The highest BCUT2D eigenvalue weighted by Crippen LogP contribution is 2.25. The molecular formula is C12H19ClN4O2S. The zero-order valence-corrected chi connectivity index (χ0v) is 13.2. The molecule has 1 aromatic rings. The summed E-state index contributed by atoms with van der Waals surface area (Å²) in [6.07, 6.45) is 2.90. The van der Waals surface area contributed by atoms with Crippen molar-refractivity contribution in [3.8, 4) is 0 Å². The van der Waals surface area contributed by atoms with E-state index in [0.29, 0.717) is 19.1 Å². The molecule has 1 aliphatic rings. The summed E-state index contributed by atoms with van der Waals surface area (Å²) >= 11 is 5.85. The van der Waals surface area contributed by atoms with Gasteiger partial charge >= 0.3 is 0 Å². The Morgan fingerprint density at radius 1 is 1.40 bits per heavy atom. The fourth-order valence-corrected chi connectivity index (χ4v) is 3.99. The minimum absolute atomic E-state index is 0.0972. The maximum absolute atomic E-state index is 12.5. The lowest BCUT2D eigenvalue weighted by atomic mass is 10.1. The average Bonchev–Trinajstić information content (AvgIpc) is 2.41. The zero-order chi connectivity index (χ0) is 14.9. The quantitative estimate of drug-likeness (QED) is 0.900. The lowest BCUT2D eigenvalue weighted by molar-refractivity contribution is 0.196. The van der Waals surface area contributed by atoms with Crippen molar-refractivity contribution in [3.05, 3.63) is 17.3 Å². The highest BCUT2D eigenvalue weighted by molar-refractivity contribution is 7.89. The molecule has 0 aromatic carbocycles. The number of aromatic nitrogens is 1. The molecule has 2 N–H and O–H groups in total. The van der Waals surface area contributed by atoms with E-state index in [2.05, 4.69) is 9.88 Å². The molecule has 0 atom stereocenters. The lowest BCUT2D eigenvalue weighted by Gasteiger charge is -2.34. The Bertz CT molecular complexity index is 583. The fourth-order valence-electron chi connectivity index (χ4n) is 2.32. The maximum Gasteiger partial charge on any atom is 0.244 e. The number of halogens is 1. The smallest absolute Gasteiger partial charge is 0.244 e. The normalized spacial score (nSPS) is 18.6. The molecule has 112 valence electrons. The van der Waals surface area contributed by atoms with E-state index in [4.69, 9.17) is 17.3 Å². The summed E-state index contributed by atoms with van der Waals surface area (Å²) in [5.41, 5.74) is 5.50. The molecule has 1 saturated heterocycles. The Kier molecular flexibility index (Phi) is 4.53. The molecule has 2 heterocycles. The summed E-state index contributed by atoms with van der Waals surface area (Å²) in [6.45, 7) is 1.01. The van der Waals surface area contributed by atoms with Crippen LogP contribution in [0, 0.1) is 0 Å². The molecule has 0 amide bonds. The first-order valence-corrected chi connectivity index (χ1v) is 8.22. The van der Waals surface area contributed by atoms with Crippen molar-refractivity contribution in [2.24, 2.45) is 0 Å². The molecule has 1 aliphatic heterocycles. The van der Waals surface area contributed by atoms with E-state index in [1.807, 2.05) is 14.1 Å².